The maximum atomic E-state index is 12.3. The van der Waals surface area contributed by atoms with E-state index in [2.05, 4.69) is 14.8 Å². The van der Waals surface area contributed by atoms with Gasteiger partial charge in [0, 0.05) is 24.3 Å². The molecule has 2 rings (SSSR count). The summed E-state index contributed by atoms with van der Waals surface area (Å²) >= 11 is 0. The number of alkyl halides is 3. The van der Waals surface area contributed by atoms with Crippen molar-refractivity contribution in [1.82, 2.24) is 4.72 Å². The van der Waals surface area contributed by atoms with Crippen LogP contribution in [0.25, 0.3) is 0 Å². The first-order chi connectivity index (χ1) is 12.4. The predicted molar refractivity (Wildman–Crippen MR) is 99.2 cm³/mol. The number of sulfonamides is 1. The molecular formula is C18H27F3N2O3S. The molecule has 2 N–H and O–H groups in total. The Bertz CT molecular complexity index is 722. The minimum Gasteiger partial charge on any atom is -0.406 e. The van der Waals surface area contributed by atoms with E-state index in [-0.39, 0.29) is 11.8 Å². The molecule has 1 aliphatic rings. The molecule has 0 aliphatic heterocycles. The Morgan fingerprint density at radius 2 is 1.74 bits per heavy atom. The smallest absolute Gasteiger partial charge is 0.406 e. The van der Waals surface area contributed by atoms with Gasteiger partial charge in [-0.3, -0.25) is 0 Å². The predicted octanol–water partition coefficient (Wildman–Crippen LogP) is 4.27. The fraction of sp³-hybridized carbons (Fsp3) is 0.667. The van der Waals surface area contributed by atoms with Gasteiger partial charge >= 0.3 is 6.36 Å². The third-order valence-corrected chi connectivity index (χ3v) is 6.89. The minimum absolute atomic E-state index is 0.0611. The van der Waals surface area contributed by atoms with Crippen LogP contribution < -0.4 is 14.8 Å². The van der Waals surface area contributed by atoms with Gasteiger partial charge in [-0.2, -0.15) is 0 Å². The Kier molecular flexibility index (Phi) is 6.68. The topological polar surface area (TPSA) is 67.4 Å². The van der Waals surface area contributed by atoms with Crippen LogP contribution in [-0.2, 0) is 10.0 Å². The second-order valence-corrected chi connectivity index (χ2v) is 10.4. The van der Waals surface area contributed by atoms with Gasteiger partial charge in [0.05, 0.1) is 4.75 Å². The lowest BCUT2D eigenvalue weighted by atomic mass is 9.86. The molecule has 27 heavy (non-hydrogen) atoms. The molecule has 0 atom stereocenters. The van der Waals surface area contributed by atoms with E-state index < -0.39 is 21.1 Å². The van der Waals surface area contributed by atoms with Gasteiger partial charge in [0.25, 0.3) is 0 Å². The van der Waals surface area contributed by atoms with Crippen LogP contribution in [0.1, 0.15) is 46.5 Å². The number of ether oxygens (including phenoxy) is 1. The molecule has 0 saturated heterocycles. The number of nitrogens with one attached hydrogen (secondary N) is 2. The molecule has 1 aromatic carbocycles. The third kappa shape index (κ3) is 6.88. The SMILES string of the molecule is CC(C)(C)S(=O)(=O)NC1CCC(CNc2cccc(OC(F)(F)F)c2)CC1. The van der Waals surface area contributed by atoms with Crippen molar-refractivity contribution in [2.75, 3.05) is 11.9 Å². The van der Waals surface area contributed by atoms with Crippen LogP contribution in [0, 0.1) is 5.92 Å². The summed E-state index contributed by atoms with van der Waals surface area (Å²) in [5, 5.41) is 3.14. The van der Waals surface area contributed by atoms with E-state index in [9.17, 15) is 21.6 Å². The zero-order chi connectivity index (χ0) is 20.3. The Hall–Kier alpha value is -1.48. The molecule has 0 radical (unpaired) electrons. The van der Waals surface area contributed by atoms with Crippen LogP contribution in [0.3, 0.4) is 0 Å². The summed E-state index contributed by atoms with van der Waals surface area (Å²) in [6, 6.07) is 5.70. The Labute approximate surface area is 158 Å². The third-order valence-electron chi connectivity index (χ3n) is 4.64. The molecule has 9 heteroatoms. The number of rotatable bonds is 6. The zero-order valence-corrected chi connectivity index (χ0v) is 16.6. The highest BCUT2D eigenvalue weighted by atomic mass is 32.2. The molecule has 0 heterocycles. The maximum absolute atomic E-state index is 12.3. The van der Waals surface area contributed by atoms with E-state index in [1.165, 1.54) is 18.2 Å². The summed E-state index contributed by atoms with van der Waals surface area (Å²) in [4.78, 5) is 0. The first-order valence-corrected chi connectivity index (χ1v) is 10.5. The van der Waals surface area contributed by atoms with Crippen LogP contribution >= 0.6 is 0 Å². The van der Waals surface area contributed by atoms with Gasteiger partial charge in [-0.05, 0) is 64.5 Å². The van der Waals surface area contributed by atoms with E-state index in [1.807, 2.05) is 0 Å². The van der Waals surface area contributed by atoms with Crippen molar-refractivity contribution in [2.24, 2.45) is 5.92 Å². The van der Waals surface area contributed by atoms with Gasteiger partial charge in [0.2, 0.25) is 10.0 Å². The number of benzene rings is 1. The van der Waals surface area contributed by atoms with Crippen LogP contribution in [0.2, 0.25) is 0 Å². The van der Waals surface area contributed by atoms with Gasteiger partial charge in [-0.1, -0.05) is 6.07 Å². The monoisotopic (exact) mass is 408 g/mol. The largest absolute Gasteiger partial charge is 0.573 e. The van der Waals surface area contributed by atoms with Crippen LogP contribution in [-0.4, -0.2) is 32.1 Å². The highest BCUT2D eigenvalue weighted by Crippen LogP contribution is 2.28. The van der Waals surface area contributed by atoms with E-state index >= 15 is 0 Å². The maximum Gasteiger partial charge on any atom is 0.573 e. The van der Waals surface area contributed by atoms with Crippen molar-refractivity contribution in [3.8, 4) is 5.75 Å². The van der Waals surface area contributed by atoms with Crippen molar-refractivity contribution in [1.29, 1.82) is 0 Å². The molecule has 5 nitrogen and oxygen atoms in total. The number of halogens is 3. The lowest BCUT2D eigenvalue weighted by Gasteiger charge is -2.31. The Balaban J connectivity index is 1.81. The zero-order valence-electron chi connectivity index (χ0n) is 15.8. The molecule has 1 aliphatic carbocycles. The van der Waals surface area contributed by atoms with Crippen molar-refractivity contribution in [2.45, 2.75) is 63.6 Å². The summed E-state index contributed by atoms with van der Waals surface area (Å²) < 4.78 is 67.2. The second kappa shape index (κ2) is 8.26. The highest BCUT2D eigenvalue weighted by Gasteiger charge is 2.33. The van der Waals surface area contributed by atoms with Crippen molar-refractivity contribution < 1.29 is 26.3 Å². The van der Waals surface area contributed by atoms with Gasteiger partial charge in [-0.25, -0.2) is 13.1 Å². The Morgan fingerprint density at radius 1 is 1.11 bits per heavy atom. The standard InChI is InChI=1S/C18H27F3N2O3S/c1-17(2,3)27(24,25)23-14-9-7-13(8-10-14)12-22-15-5-4-6-16(11-15)26-18(19,20)21/h4-6,11,13-14,22-23H,7-10,12H2,1-3H3. The molecule has 1 aromatic rings. The van der Waals surface area contributed by atoms with E-state index in [4.69, 9.17) is 0 Å². The number of hydrogen-bond acceptors (Lipinski definition) is 4. The molecule has 154 valence electrons. The molecule has 0 unspecified atom stereocenters. The minimum atomic E-state index is -4.71. The lowest BCUT2D eigenvalue weighted by molar-refractivity contribution is -0.274. The average Bonchev–Trinajstić information content (AvgIpc) is 2.51. The number of hydrogen-bond donors (Lipinski definition) is 2. The first kappa shape index (κ1) is 21.8. The highest BCUT2D eigenvalue weighted by molar-refractivity contribution is 7.90. The van der Waals surface area contributed by atoms with E-state index in [1.54, 1.807) is 26.8 Å². The van der Waals surface area contributed by atoms with Gasteiger partial charge < -0.3 is 10.1 Å². The Morgan fingerprint density at radius 3 is 2.30 bits per heavy atom. The van der Waals surface area contributed by atoms with Gasteiger partial charge in [0.1, 0.15) is 5.75 Å². The fourth-order valence-electron chi connectivity index (χ4n) is 2.95. The first-order valence-electron chi connectivity index (χ1n) is 8.97. The molecular weight excluding hydrogens is 381 g/mol. The molecule has 0 spiro atoms. The van der Waals surface area contributed by atoms with Crippen molar-refractivity contribution >= 4 is 15.7 Å². The lowest BCUT2D eigenvalue weighted by Crippen LogP contribution is -2.46. The summed E-state index contributed by atoms with van der Waals surface area (Å²) in [7, 11) is -3.36. The average molecular weight is 408 g/mol. The van der Waals surface area contributed by atoms with Gasteiger partial charge in [-0.15, -0.1) is 13.2 Å². The van der Waals surface area contributed by atoms with Crippen LogP contribution in [0.4, 0.5) is 18.9 Å². The summed E-state index contributed by atoms with van der Waals surface area (Å²) in [6.45, 7) is 5.62. The second-order valence-electron chi connectivity index (χ2n) is 7.91. The van der Waals surface area contributed by atoms with Crippen LogP contribution in [0.15, 0.2) is 24.3 Å². The summed E-state index contributed by atoms with van der Waals surface area (Å²) in [6.07, 6.45) is -1.51. The summed E-state index contributed by atoms with van der Waals surface area (Å²) in [5.41, 5.74) is 0.562. The van der Waals surface area contributed by atoms with E-state index in [0.29, 0.717) is 18.2 Å². The molecule has 1 fully saturated rings. The molecule has 0 amide bonds. The number of anilines is 1. The normalized spacial score (nSPS) is 21.7. The van der Waals surface area contributed by atoms with Crippen molar-refractivity contribution in [3.05, 3.63) is 24.3 Å². The summed E-state index contributed by atoms with van der Waals surface area (Å²) in [5.74, 6) is 0.0837. The quantitative estimate of drug-likeness (QED) is 0.738. The van der Waals surface area contributed by atoms with Crippen LogP contribution in [0.5, 0.6) is 5.75 Å². The van der Waals surface area contributed by atoms with E-state index in [0.717, 1.165) is 25.7 Å². The van der Waals surface area contributed by atoms with Gasteiger partial charge in [0.15, 0.2) is 0 Å². The fourth-order valence-corrected chi connectivity index (χ4v) is 3.97. The molecule has 0 aromatic heterocycles. The van der Waals surface area contributed by atoms with Crippen molar-refractivity contribution in [3.63, 3.8) is 0 Å². The molecule has 0 bridgehead atoms. The molecule has 1 saturated carbocycles.